The zero-order chi connectivity index (χ0) is 9.40. The Hall–Kier alpha value is -0.0100. The van der Waals surface area contributed by atoms with Crippen LogP contribution in [0.15, 0.2) is 12.7 Å². The first-order chi connectivity index (χ1) is 5.70. The molecule has 0 aliphatic rings. The van der Waals surface area contributed by atoms with Crippen LogP contribution in [-0.2, 0) is 0 Å². The van der Waals surface area contributed by atoms with E-state index in [1.807, 2.05) is 10.5 Å². The zero-order valence-corrected chi connectivity index (χ0v) is 8.98. The van der Waals surface area contributed by atoms with Crippen molar-refractivity contribution < 1.29 is 0 Å². The summed E-state index contributed by atoms with van der Waals surface area (Å²) >= 11 is 5.99. The predicted molar refractivity (Wildman–Crippen MR) is 56.3 cm³/mol. The second-order valence-corrected chi connectivity index (χ2v) is 3.83. The highest BCUT2D eigenvalue weighted by Gasteiger charge is 2.05. The van der Waals surface area contributed by atoms with Crippen LogP contribution in [0.1, 0.15) is 33.1 Å². The summed E-state index contributed by atoms with van der Waals surface area (Å²) in [4.78, 5) is 0. The molecule has 0 aromatic carbocycles. The third kappa shape index (κ3) is 6.68. The molecule has 1 nitrogen and oxygen atoms in total. The van der Waals surface area contributed by atoms with Crippen LogP contribution in [0, 0.1) is 5.92 Å². The van der Waals surface area contributed by atoms with E-state index in [9.17, 15) is 0 Å². The van der Waals surface area contributed by atoms with Gasteiger partial charge in [0.05, 0.1) is 0 Å². The first-order valence-electron chi connectivity index (χ1n) is 4.72. The molecule has 2 heteroatoms. The molecule has 1 atom stereocenters. The van der Waals surface area contributed by atoms with Crippen LogP contribution in [0.25, 0.3) is 0 Å². The van der Waals surface area contributed by atoms with Gasteiger partial charge in [0.25, 0.3) is 0 Å². The molecule has 0 aromatic heterocycles. The summed E-state index contributed by atoms with van der Waals surface area (Å²) in [6.45, 7) is 10.0. The molecule has 0 saturated heterocycles. The molecule has 1 unspecified atom stereocenters. The van der Waals surface area contributed by atoms with Crippen molar-refractivity contribution in [3.8, 4) is 0 Å². The van der Waals surface area contributed by atoms with Gasteiger partial charge in [-0.3, -0.25) is 0 Å². The first kappa shape index (κ1) is 12.0. The molecule has 0 rings (SSSR count). The Bertz CT molecular complexity index is 114. The molecule has 0 N–H and O–H groups in total. The Kier molecular flexibility index (Phi) is 7.62. The summed E-state index contributed by atoms with van der Waals surface area (Å²) in [5, 5.41) is 0. The Morgan fingerprint density at radius 1 is 1.58 bits per heavy atom. The van der Waals surface area contributed by atoms with Crippen molar-refractivity contribution in [1.29, 1.82) is 0 Å². The predicted octanol–water partition coefficient (Wildman–Crippen LogP) is 3.45. The average molecular weight is 190 g/mol. The van der Waals surface area contributed by atoms with E-state index in [1.54, 1.807) is 0 Å². The fourth-order valence-electron chi connectivity index (χ4n) is 1.12. The van der Waals surface area contributed by atoms with E-state index in [0.29, 0.717) is 5.92 Å². The maximum Gasteiger partial charge on any atom is 0.0167 e. The SMILES string of the molecule is C=CCC(C)CN(Cl)CCCC. The minimum absolute atomic E-state index is 0.622. The van der Waals surface area contributed by atoms with Crippen LogP contribution >= 0.6 is 11.8 Å². The maximum atomic E-state index is 5.99. The average Bonchev–Trinajstić information content (AvgIpc) is 2.01. The summed E-state index contributed by atoms with van der Waals surface area (Å²) in [7, 11) is 0. The van der Waals surface area contributed by atoms with Crippen molar-refractivity contribution in [2.75, 3.05) is 13.1 Å². The van der Waals surface area contributed by atoms with Gasteiger partial charge in [-0.1, -0.05) is 26.3 Å². The molecule has 0 amide bonds. The standard InChI is InChI=1S/C10H20ClN/c1-4-6-8-12(11)9-10(3)7-5-2/h5,10H,2,4,6-9H2,1,3H3. The lowest BCUT2D eigenvalue weighted by Crippen LogP contribution is -2.20. The smallest absolute Gasteiger partial charge is 0.0167 e. The molecule has 0 aromatic rings. The van der Waals surface area contributed by atoms with Crippen molar-refractivity contribution in [1.82, 2.24) is 4.42 Å². The van der Waals surface area contributed by atoms with Gasteiger partial charge in [0.1, 0.15) is 0 Å². The van der Waals surface area contributed by atoms with Crippen molar-refractivity contribution in [2.24, 2.45) is 5.92 Å². The minimum atomic E-state index is 0.622. The number of hydrogen-bond acceptors (Lipinski definition) is 1. The Balaban J connectivity index is 3.39. The van der Waals surface area contributed by atoms with Gasteiger partial charge in [-0.05, 0) is 30.5 Å². The number of halogens is 1. The van der Waals surface area contributed by atoms with Crippen molar-refractivity contribution >= 4 is 11.8 Å². The number of unbranched alkanes of at least 4 members (excludes halogenated alkanes) is 1. The number of allylic oxidation sites excluding steroid dienone is 1. The van der Waals surface area contributed by atoms with Gasteiger partial charge in [-0.15, -0.1) is 6.58 Å². The van der Waals surface area contributed by atoms with Crippen LogP contribution in [0.5, 0.6) is 0 Å². The fraction of sp³-hybridized carbons (Fsp3) is 0.800. The van der Waals surface area contributed by atoms with Gasteiger partial charge >= 0.3 is 0 Å². The Morgan fingerprint density at radius 2 is 2.25 bits per heavy atom. The summed E-state index contributed by atoms with van der Waals surface area (Å²) in [6.07, 6.45) is 5.40. The number of nitrogens with zero attached hydrogens (tertiary/aromatic N) is 1. The summed E-state index contributed by atoms with van der Waals surface area (Å²) in [5.41, 5.74) is 0. The molecular weight excluding hydrogens is 170 g/mol. The molecule has 0 bridgehead atoms. The quantitative estimate of drug-likeness (QED) is 0.438. The van der Waals surface area contributed by atoms with E-state index >= 15 is 0 Å². The topological polar surface area (TPSA) is 3.24 Å². The van der Waals surface area contributed by atoms with Gasteiger partial charge in [0.2, 0.25) is 0 Å². The molecule has 0 spiro atoms. The van der Waals surface area contributed by atoms with Gasteiger partial charge in [-0.25, -0.2) is 4.42 Å². The Labute approximate surface area is 81.5 Å². The number of rotatable bonds is 7. The maximum absolute atomic E-state index is 5.99. The molecule has 72 valence electrons. The molecular formula is C10H20ClN. The van der Waals surface area contributed by atoms with E-state index in [0.717, 1.165) is 19.5 Å². The highest BCUT2D eigenvalue weighted by molar-refractivity contribution is 6.13. The van der Waals surface area contributed by atoms with Crippen LogP contribution in [0.4, 0.5) is 0 Å². The van der Waals surface area contributed by atoms with E-state index in [2.05, 4.69) is 20.4 Å². The van der Waals surface area contributed by atoms with Gasteiger partial charge in [-0.2, -0.15) is 0 Å². The summed E-state index contributed by atoms with van der Waals surface area (Å²) < 4.78 is 1.89. The van der Waals surface area contributed by atoms with Crippen molar-refractivity contribution in [2.45, 2.75) is 33.1 Å². The fourth-order valence-corrected chi connectivity index (χ4v) is 1.47. The molecule has 0 aliphatic carbocycles. The third-order valence-corrected chi connectivity index (χ3v) is 2.14. The lowest BCUT2D eigenvalue weighted by atomic mass is 10.1. The van der Waals surface area contributed by atoms with Crippen LogP contribution < -0.4 is 0 Å². The number of hydrogen-bond donors (Lipinski definition) is 0. The van der Waals surface area contributed by atoms with Gasteiger partial charge in [0.15, 0.2) is 0 Å². The lowest BCUT2D eigenvalue weighted by Gasteiger charge is -2.16. The molecule has 12 heavy (non-hydrogen) atoms. The zero-order valence-electron chi connectivity index (χ0n) is 8.22. The Morgan fingerprint density at radius 3 is 2.75 bits per heavy atom. The van der Waals surface area contributed by atoms with E-state index in [1.165, 1.54) is 12.8 Å². The second-order valence-electron chi connectivity index (χ2n) is 3.35. The lowest BCUT2D eigenvalue weighted by molar-refractivity contribution is 0.373. The normalized spacial score (nSPS) is 13.3. The van der Waals surface area contributed by atoms with Gasteiger partial charge in [0, 0.05) is 13.1 Å². The van der Waals surface area contributed by atoms with Crippen LogP contribution in [-0.4, -0.2) is 17.5 Å². The van der Waals surface area contributed by atoms with Crippen molar-refractivity contribution in [3.05, 3.63) is 12.7 Å². The van der Waals surface area contributed by atoms with E-state index in [-0.39, 0.29) is 0 Å². The van der Waals surface area contributed by atoms with Crippen molar-refractivity contribution in [3.63, 3.8) is 0 Å². The minimum Gasteiger partial charge on any atom is -0.220 e. The first-order valence-corrected chi connectivity index (χ1v) is 5.06. The van der Waals surface area contributed by atoms with E-state index < -0.39 is 0 Å². The van der Waals surface area contributed by atoms with Gasteiger partial charge < -0.3 is 0 Å². The molecule has 0 aliphatic heterocycles. The van der Waals surface area contributed by atoms with Crippen LogP contribution in [0.2, 0.25) is 0 Å². The second kappa shape index (κ2) is 7.63. The monoisotopic (exact) mass is 189 g/mol. The largest absolute Gasteiger partial charge is 0.220 e. The highest BCUT2D eigenvalue weighted by Crippen LogP contribution is 2.08. The molecule has 0 saturated carbocycles. The molecule has 0 radical (unpaired) electrons. The molecule has 0 fully saturated rings. The summed E-state index contributed by atoms with van der Waals surface area (Å²) in [5.74, 6) is 0.622. The molecule has 0 heterocycles. The highest BCUT2D eigenvalue weighted by atomic mass is 35.5. The van der Waals surface area contributed by atoms with E-state index in [4.69, 9.17) is 11.8 Å². The summed E-state index contributed by atoms with van der Waals surface area (Å²) in [6, 6.07) is 0. The third-order valence-electron chi connectivity index (χ3n) is 1.83. The van der Waals surface area contributed by atoms with Crippen LogP contribution in [0.3, 0.4) is 0 Å².